The largest absolute Gasteiger partial charge is 0.388 e. The maximum atomic E-state index is 13.1. The maximum absolute atomic E-state index is 13.1. The van der Waals surface area contributed by atoms with Gasteiger partial charge in [0.15, 0.2) is 0 Å². The molecule has 0 saturated heterocycles. The lowest BCUT2D eigenvalue weighted by molar-refractivity contribution is -0.123. The second-order valence-corrected chi connectivity index (χ2v) is 5.48. The SMILES string of the molecule is O=C(CC(O)c1cccc(F)c1)NCCC1=CCCCC1. The van der Waals surface area contributed by atoms with E-state index in [-0.39, 0.29) is 12.3 Å². The third-order valence-electron chi connectivity index (χ3n) is 3.77. The zero-order chi connectivity index (χ0) is 15.1. The van der Waals surface area contributed by atoms with Gasteiger partial charge < -0.3 is 10.4 Å². The average Bonchev–Trinajstić information content (AvgIpc) is 2.48. The lowest BCUT2D eigenvalue weighted by atomic mass is 9.97. The molecule has 1 aromatic carbocycles. The summed E-state index contributed by atoms with van der Waals surface area (Å²) >= 11 is 0. The van der Waals surface area contributed by atoms with Crippen LogP contribution in [0.4, 0.5) is 4.39 Å². The molecule has 0 fully saturated rings. The Labute approximate surface area is 124 Å². The first-order valence-corrected chi connectivity index (χ1v) is 7.53. The average molecular weight is 291 g/mol. The summed E-state index contributed by atoms with van der Waals surface area (Å²) in [7, 11) is 0. The van der Waals surface area contributed by atoms with Gasteiger partial charge in [-0.2, -0.15) is 0 Å². The third kappa shape index (κ3) is 5.31. The molecular weight excluding hydrogens is 269 g/mol. The molecule has 114 valence electrons. The first-order valence-electron chi connectivity index (χ1n) is 7.53. The number of benzene rings is 1. The van der Waals surface area contributed by atoms with Gasteiger partial charge in [-0.1, -0.05) is 23.8 Å². The van der Waals surface area contributed by atoms with E-state index in [1.165, 1.54) is 36.6 Å². The van der Waals surface area contributed by atoms with Gasteiger partial charge in [-0.3, -0.25) is 4.79 Å². The van der Waals surface area contributed by atoms with Crippen molar-refractivity contribution in [2.24, 2.45) is 0 Å². The molecule has 1 aliphatic carbocycles. The summed E-state index contributed by atoms with van der Waals surface area (Å²) in [6, 6.07) is 5.72. The molecule has 0 radical (unpaired) electrons. The minimum Gasteiger partial charge on any atom is -0.388 e. The highest BCUT2D eigenvalue weighted by atomic mass is 19.1. The highest BCUT2D eigenvalue weighted by Gasteiger charge is 2.13. The molecule has 1 aromatic rings. The molecule has 3 nitrogen and oxygen atoms in total. The Bertz CT molecular complexity index is 513. The molecule has 2 N–H and O–H groups in total. The minimum absolute atomic E-state index is 0.0392. The van der Waals surface area contributed by atoms with Crippen LogP contribution in [0.1, 0.15) is 50.2 Å². The van der Waals surface area contributed by atoms with Crippen LogP contribution in [-0.4, -0.2) is 17.6 Å². The summed E-state index contributed by atoms with van der Waals surface area (Å²) in [6.45, 7) is 0.598. The first kappa shape index (κ1) is 15.7. The Balaban J connectivity index is 1.72. The molecule has 2 rings (SSSR count). The number of hydrogen-bond donors (Lipinski definition) is 2. The molecule has 0 bridgehead atoms. The topological polar surface area (TPSA) is 49.3 Å². The van der Waals surface area contributed by atoms with E-state index in [1.54, 1.807) is 6.07 Å². The fourth-order valence-electron chi connectivity index (χ4n) is 2.57. The second-order valence-electron chi connectivity index (χ2n) is 5.48. The minimum atomic E-state index is -0.963. The van der Waals surface area contributed by atoms with Crippen molar-refractivity contribution in [2.75, 3.05) is 6.54 Å². The van der Waals surface area contributed by atoms with Crippen molar-refractivity contribution in [1.82, 2.24) is 5.32 Å². The number of allylic oxidation sites excluding steroid dienone is 1. The molecule has 1 amide bonds. The fraction of sp³-hybridized carbons (Fsp3) is 0.471. The van der Waals surface area contributed by atoms with Crippen molar-refractivity contribution in [1.29, 1.82) is 0 Å². The Morgan fingerprint density at radius 2 is 2.24 bits per heavy atom. The van der Waals surface area contributed by atoms with Gasteiger partial charge in [-0.05, 0) is 49.8 Å². The number of aliphatic hydroxyl groups is 1. The predicted molar refractivity (Wildman–Crippen MR) is 80.2 cm³/mol. The van der Waals surface area contributed by atoms with Crippen LogP contribution in [0.2, 0.25) is 0 Å². The van der Waals surface area contributed by atoms with E-state index in [2.05, 4.69) is 11.4 Å². The van der Waals surface area contributed by atoms with Gasteiger partial charge in [0, 0.05) is 6.54 Å². The van der Waals surface area contributed by atoms with Crippen molar-refractivity contribution >= 4 is 5.91 Å². The standard InChI is InChI=1S/C17H22FNO2/c18-15-8-4-7-14(11-15)16(20)12-17(21)19-10-9-13-5-2-1-3-6-13/h4-5,7-8,11,16,20H,1-3,6,9-10,12H2,(H,19,21). The molecule has 0 spiro atoms. The Morgan fingerprint density at radius 3 is 2.95 bits per heavy atom. The highest BCUT2D eigenvalue weighted by molar-refractivity contribution is 5.76. The molecule has 0 saturated carbocycles. The smallest absolute Gasteiger partial charge is 0.222 e. The lowest BCUT2D eigenvalue weighted by Crippen LogP contribution is -2.26. The quantitative estimate of drug-likeness (QED) is 0.790. The molecule has 1 aliphatic rings. The van der Waals surface area contributed by atoms with Gasteiger partial charge in [-0.15, -0.1) is 0 Å². The monoisotopic (exact) mass is 291 g/mol. The summed E-state index contributed by atoms with van der Waals surface area (Å²) < 4.78 is 13.1. The van der Waals surface area contributed by atoms with Crippen molar-refractivity contribution < 1.29 is 14.3 Å². The van der Waals surface area contributed by atoms with Gasteiger partial charge >= 0.3 is 0 Å². The summed E-state index contributed by atoms with van der Waals surface area (Å²) in [4.78, 5) is 11.8. The number of carbonyl (C=O) groups excluding carboxylic acids is 1. The second kappa shape index (κ2) is 7.93. The number of nitrogens with one attached hydrogen (secondary N) is 1. The van der Waals surface area contributed by atoms with E-state index < -0.39 is 11.9 Å². The molecule has 0 aromatic heterocycles. The van der Waals surface area contributed by atoms with E-state index in [9.17, 15) is 14.3 Å². The predicted octanol–water partition coefficient (Wildman–Crippen LogP) is 3.26. The Hall–Kier alpha value is -1.68. The molecule has 0 aliphatic heterocycles. The zero-order valence-electron chi connectivity index (χ0n) is 12.1. The summed E-state index contributed by atoms with van der Waals surface area (Å²) in [5, 5.41) is 12.7. The molecule has 1 atom stereocenters. The van der Waals surface area contributed by atoms with Crippen molar-refractivity contribution in [2.45, 2.75) is 44.6 Å². The van der Waals surface area contributed by atoms with Crippen LogP contribution in [0, 0.1) is 5.82 Å². The van der Waals surface area contributed by atoms with Crippen LogP contribution >= 0.6 is 0 Å². The summed E-state index contributed by atoms with van der Waals surface area (Å²) in [5.41, 5.74) is 1.84. The summed E-state index contributed by atoms with van der Waals surface area (Å²) in [6.07, 6.45) is 6.90. The van der Waals surface area contributed by atoms with Crippen LogP contribution in [0.25, 0.3) is 0 Å². The zero-order valence-corrected chi connectivity index (χ0v) is 12.1. The molecule has 4 heteroatoms. The molecule has 1 unspecified atom stereocenters. The number of rotatable bonds is 6. The van der Waals surface area contributed by atoms with Crippen LogP contribution in [0.15, 0.2) is 35.9 Å². The van der Waals surface area contributed by atoms with E-state index in [0.717, 1.165) is 19.3 Å². The third-order valence-corrected chi connectivity index (χ3v) is 3.77. The van der Waals surface area contributed by atoms with Crippen molar-refractivity contribution in [3.8, 4) is 0 Å². The van der Waals surface area contributed by atoms with Gasteiger partial charge in [0.2, 0.25) is 5.91 Å². The number of halogens is 1. The van der Waals surface area contributed by atoms with E-state index >= 15 is 0 Å². The number of hydrogen-bond acceptors (Lipinski definition) is 2. The van der Waals surface area contributed by atoms with E-state index in [1.807, 2.05) is 0 Å². The Kier molecular flexibility index (Phi) is 5.93. The lowest BCUT2D eigenvalue weighted by Gasteiger charge is -2.14. The van der Waals surface area contributed by atoms with Crippen LogP contribution in [-0.2, 0) is 4.79 Å². The number of carbonyl (C=O) groups is 1. The number of amides is 1. The fourth-order valence-corrected chi connectivity index (χ4v) is 2.57. The van der Waals surface area contributed by atoms with E-state index in [0.29, 0.717) is 12.1 Å². The van der Waals surface area contributed by atoms with Crippen LogP contribution < -0.4 is 5.32 Å². The summed E-state index contributed by atoms with van der Waals surface area (Å²) in [5.74, 6) is -0.612. The molecule has 0 heterocycles. The number of aliphatic hydroxyl groups excluding tert-OH is 1. The van der Waals surface area contributed by atoms with Crippen molar-refractivity contribution in [3.05, 3.63) is 47.3 Å². The molecule has 21 heavy (non-hydrogen) atoms. The van der Waals surface area contributed by atoms with Crippen LogP contribution in [0.5, 0.6) is 0 Å². The maximum Gasteiger partial charge on any atom is 0.222 e. The highest BCUT2D eigenvalue weighted by Crippen LogP contribution is 2.20. The van der Waals surface area contributed by atoms with Crippen molar-refractivity contribution in [3.63, 3.8) is 0 Å². The normalized spacial score (nSPS) is 16.2. The van der Waals surface area contributed by atoms with Gasteiger partial charge in [-0.25, -0.2) is 4.39 Å². The Morgan fingerprint density at radius 1 is 1.38 bits per heavy atom. The van der Waals surface area contributed by atoms with Crippen LogP contribution in [0.3, 0.4) is 0 Å². The van der Waals surface area contributed by atoms with Gasteiger partial charge in [0.25, 0.3) is 0 Å². The van der Waals surface area contributed by atoms with Gasteiger partial charge in [0.05, 0.1) is 12.5 Å². The van der Waals surface area contributed by atoms with E-state index in [4.69, 9.17) is 0 Å². The van der Waals surface area contributed by atoms with Gasteiger partial charge in [0.1, 0.15) is 5.82 Å². The molecular formula is C17H22FNO2. The first-order chi connectivity index (χ1) is 10.1.